The largest absolute Gasteiger partial charge is 0.464 e. The van der Waals surface area contributed by atoms with Gasteiger partial charge in [0.15, 0.2) is 0 Å². The molecule has 7 aliphatic heterocycles. The van der Waals surface area contributed by atoms with E-state index in [1.54, 1.807) is 5.01 Å². The van der Waals surface area contributed by atoms with Gasteiger partial charge in [0, 0.05) is 98.9 Å². The van der Waals surface area contributed by atoms with Crippen molar-refractivity contribution in [3.05, 3.63) is 41.7 Å². The van der Waals surface area contributed by atoms with Gasteiger partial charge in [-0.25, -0.2) is 5.43 Å². The van der Waals surface area contributed by atoms with Crippen molar-refractivity contribution < 1.29 is 23.9 Å². The molecule has 8 aliphatic rings. The topological polar surface area (TPSA) is 140 Å². The molecule has 1 saturated carbocycles. The van der Waals surface area contributed by atoms with E-state index in [0.29, 0.717) is 58.0 Å². The van der Waals surface area contributed by atoms with E-state index < -0.39 is 17.5 Å². The number of aryl methyl sites for hydroxylation is 1. The van der Waals surface area contributed by atoms with E-state index in [4.69, 9.17) is 14.5 Å². The molecule has 11 rings (SSSR count). The summed E-state index contributed by atoms with van der Waals surface area (Å²) in [5, 5.41) is 9.78. The molecule has 6 bridgehead atoms. The second-order valence-corrected chi connectivity index (χ2v) is 24.3. The van der Waals surface area contributed by atoms with E-state index >= 15 is 0 Å². The van der Waals surface area contributed by atoms with Crippen molar-refractivity contribution in [2.75, 3.05) is 95.0 Å². The van der Waals surface area contributed by atoms with Gasteiger partial charge in [0.2, 0.25) is 5.91 Å². The van der Waals surface area contributed by atoms with Crippen LogP contribution in [0.25, 0.3) is 22.2 Å². The first-order chi connectivity index (χ1) is 34.9. The second-order valence-electron chi connectivity index (χ2n) is 24.3. The SMILES string of the molecule is CCn1c(-c2cc(N3CCN4CCCC[C@@H]4C3)cnc2C(C)C)c2c3cc(ccc31)N1CCO[C@@H](C[C@H](NC(=O)[C@H](C3CCCC3)N3CC[C@]4(CCNC4)C3)C(=O)N3CCC[C@H](N3)C(=O)OCC(C)(C)C2)C1. The van der Waals surface area contributed by atoms with Crippen LogP contribution in [0.4, 0.5) is 11.4 Å². The maximum absolute atomic E-state index is 15.0. The Morgan fingerprint density at radius 1 is 0.917 bits per heavy atom. The molecule has 6 saturated heterocycles. The summed E-state index contributed by atoms with van der Waals surface area (Å²) >= 11 is 0. The fourth-order valence-electron chi connectivity index (χ4n) is 14.4. The van der Waals surface area contributed by atoms with E-state index in [1.807, 2.05) is 0 Å². The highest BCUT2D eigenvalue weighted by Gasteiger charge is 2.47. The van der Waals surface area contributed by atoms with Crippen LogP contribution in [-0.2, 0) is 36.8 Å². The number of likely N-dealkylation sites (tertiary alicyclic amines) is 1. The summed E-state index contributed by atoms with van der Waals surface area (Å²) in [5.74, 6) is -0.155. The van der Waals surface area contributed by atoms with Gasteiger partial charge in [0.05, 0.1) is 48.6 Å². The molecule has 2 amide bonds. The smallest absolute Gasteiger partial charge is 0.324 e. The average Bonchev–Trinajstić information content (AvgIpc) is 4.23. The molecule has 3 aromatic rings. The lowest BCUT2D eigenvalue weighted by molar-refractivity contribution is -0.156. The molecule has 1 aliphatic carbocycles. The number of carbonyl (C=O) groups is 3. The highest BCUT2D eigenvalue weighted by atomic mass is 16.5. The van der Waals surface area contributed by atoms with E-state index in [1.165, 1.54) is 59.2 Å². The van der Waals surface area contributed by atoms with E-state index in [-0.39, 0.29) is 53.8 Å². The van der Waals surface area contributed by atoms with Gasteiger partial charge in [0.1, 0.15) is 12.1 Å². The molecule has 392 valence electrons. The average molecular weight is 989 g/mol. The lowest BCUT2D eigenvalue weighted by Crippen LogP contribution is -2.62. The highest BCUT2D eigenvalue weighted by Crippen LogP contribution is 2.44. The fourth-order valence-corrected chi connectivity index (χ4v) is 14.4. The summed E-state index contributed by atoms with van der Waals surface area (Å²) in [4.78, 5) is 59.6. The predicted octanol–water partition coefficient (Wildman–Crippen LogP) is 6.47. The summed E-state index contributed by atoms with van der Waals surface area (Å²) < 4.78 is 15.4. The van der Waals surface area contributed by atoms with Crippen LogP contribution in [0.1, 0.15) is 129 Å². The quantitative estimate of drug-likeness (QED) is 0.214. The molecule has 9 heterocycles. The first kappa shape index (κ1) is 49.9. The van der Waals surface area contributed by atoms with Gasteiger partial charge in [-0.1, -0.05) is 47.0 Å². The number of pyridine rings is 1. The molecule has 0 radical (unpaired) electrons. The van der Waals surface area contributed by atoms with Gasteiger partial charge in [-0.3, -0.25) is 34.2 Å². The van der Waals surface area contributed by atoms with Crippen LogP contribution in [0.3, 0.4) is 0 Å². The number of piperidine rings is 1. The Morgan fingerprint density at radius 2 is 1.75 bits per heavy atom. The number of nitrogens with zero attached hydrogens (tertiary/aromatic N) is 7. The number of hydrogen-bond donors (Lipinski definition) is 3. The number of hydrazine groups is 1. The molecule has 3 N–H and O–H groups in total. The number of amides is 2. The zero-order valence-corrected chi connectivity index (χ0v) is 44.2. The Kier molecular flexibility index (Phi) is 14.4. The number of aromatic nitrogens is 2. The third-order valence-electron chi connectivity index (χ3n) is 18.3. The first-order valence-electron chi connectivity index (χ1n) is 28.4. The van der Waals surface area contributed by atoms with Gasteiger partial charge in [-0.2, -0.15) is 0 Å². The first-order valence-corrected chi connectivity index (χ1v) is 28.4. The number of hydrogen-bond acceptors (Lipinski definition) is 12. The number of piperazine rings is 1. The maximum atomic E-state index is 15.0. The van der Waals surface area contributed by atoms with Crippen molar-refractivity contribution in [2.24, 2.45) is 16.7 Å². The van der Waals surface area contributed by atoms with Crippen molar-refractivity contribution >= 4 is 40.1 Å². The molecule has 72 heavy (non-hydrogen) atoms. The minimum Gasteiger partial charge on any atom is -0.464 e. The Bertz CT molecular complexity index is 2460. The van der Waals surface area contributed by atoms with Crippen molar-refractivity contribution in [1.82, 2.24) is 40.4 Å². The minimum absolute atomic E-state index is 0.0457. The van der Waals surface area contributed by atoms with Crippen LogP contribution >= 0.6 is 0 Å². The summed E-state index contributed by atoms with van der Waals surface area (Å²) in [7, 11) is 0. The van der Waals surface area contributed by atoms with Crippen LogP contribution in [0, 0.1) is 16.7 Å². The number of cyclic esters (lactones) is 1. The maximum Gasteiger partial charge on any atom is 0.324 e. The lowest BCUT2D eigenvalue weighted by atomic mass is 9.84. The number of esters is 1. The molecule has 15 nitrogen and oxygen atoms in total. The third-order valence-corrected chi connectivity index (χ3v) is 18.3. The van der Waals surface area contributed by atoms with Crippen LogP contribution in [0.15, 0.2) is 30.5 Å². The van der Waals surface area contributed by atoms with Gasteiger partial charge < -0.3 is 34.5 Å². The predicted molar refractivity (Wildman–Crippen MR) is 283 cm³/mol. The van der Waals surface area contributed by atoms with Crippen LogP contribution < -0.4 is 25.9 Å². The third kappa shape index (κ3) is 10.0. The van der Waals surface area contributed by atoms with Gasteiger partial charge >= 0.3 is 5.97 Å². The summed E-state index contributed by atoms with van der Waals surface area (Å²) in [6, 6.07) is 8.16. The van der Waals surface area contributed by atoms with Crippen molar-refractivity contribution in [2.45, 2.75) is 161 Å². The zero-order chi connectivity index (χ0) is 49.7. The number of anilines is 2. The van der Waals surface area contributed by atoms with Crippen LogP contribution in [0.2, 0.25) is 0 Å². The van der Waals surface area contributed by atoms with E-state index in [9.17, 15) is 14.4 Å². The molecule has 0 unspecified atom stereocenters. The van der Waals surface area contributed by atoms with Crippen molar-refractivity contribution in [3.8, 4) is 11.3 Å². The molecule has 2 aromatic heterocycles. The number of carbonyl (C=O) groups excluding carboxylic acids is 3. The zero-order valence-electron chi connectivity index (χ0n) is 44.2. The summed E-state index contributed by atoms with van der Waals surface area (Å²) in [6.07, 6.45) is 14.4. The molecule has 15 heteroatoms. The summed E-state index contributed by atoms with van der Waals surface area (Å²) in [6.45, 7) is 22.6. The second kappa shape index (κ2) is 20.8. The molecule has 6 atom stereocenters. The Labute approximate surface area is 428 Å². The number of ether oxygens (including phenoxy) is 2. The van der Waals surface area contributed by atoms with E-state index in [2.05, 4.69) is 105 Å². The number of nitrogens with one attached hydrogen (secondary N) is 3. The van der Waals surface area contributed by atoms with Gasteiger partial charge in [-0.15, -0.1) is 0 Å². The monoisotopic (exact) mass is 989 g/mol. The number of benzene rings is 1. The number of fused-ring (bicyclic) bond motifs is 7. The minimum atomic E-state index is -0.836. The van der Waals surface area contributed by atoms with Crippen molar-refractivity contribution in [1.29, 1.82) is 0 Å². The Hall–Kier alpha value is -4.28. The number of morpholine rings is 1. The molecule has 7 fully saturated rings. The van der Waals surface area contributed by atoms with Crippen molar-refractivity contribution in [3.63, 3.8) is 0 Å². The lowest BCUT2D eigenvalue weighted by Gasteiger charge is -2.45. The summed E-state index contributed by atoms with van der Waals surface area (Å²) in [5.41, 5.74) is 11.3. The standard InChI is InChI=1S/C57H84N10O5/c1-6-66-49-17-16-40-28-44(49)46(52(66)45-29-42(32-59-50(45)38(2)3)63-25-24-62-21-10-9-14-41(62)33-63)31-56(4,5)37-72-55(70)47-15-11-22-67(61-47)54(69)48(30-43-34-64(40)26-27-71-43)60-53(68)51(39-12-7-8-13-39)65-23-19-57(36-65)18-20-58-35-57/h16-17,28-29,32,38-39,41,43,47-48,51,58,61H,6-15,18-27,30-31,33-37H2,1-5H3,(H,60,68)/t41-,43+,47+,48+,51+,57+/m1/s1. The molecule has 1 aromatic carbocycles. The number of rotatable bonds is 8. The van der Waals surface area contributed by atoms with Gasteiger partial charge in [0.25, 0.3) is 5.91 Å². The Morgan fingerprint density at radius 3 is 2.56 bits per heavy atom. The molecular weight excluding hydrogens is 905 g/mol. The van der Waals surface area contributed by atoms with Crippen LogP contribution in [-0.4, -0.2) is 158 Å². The fraction of sp³-hybridized carbons (Fsp3) is 0.719. The molecule has 1 spiro atoms. The van der Waals surface area contributed by atoms with Crippen LogP contribution in [0.5, 0.6) is 0 Å². The normalized spacial score (nSPS) is 29.5. The Balaban J connectivity index is 0.950. The highest BCUT2D eigenvalue weighted by molar-refractivity contribution is 5.95. The van der Waals surface area contributed by atoms with E-state index in [0.717, 1.165) is 102 Å². The van der Waals surface area contributed by atoms with Gasteiger partial charge in [-0.05, 0) is 131 Å². The molecular formula is C57H84N10O5.